The maximum Gasteiger partial charge on any atom is 0.311 e. The molecule has 1 aromatic rings. The van der Waals surface area contributed by atoms with Crippen LogP contribution >= 0.6 is 0 Å². The molecule has 3 fully saturated rings. The molecule has 0 unspecified atom stereocenters. The molecule has 122 valence electrons. The fourth-order valence-electron chi connectivity index (χ4n) is 3.59. The van der Waals surface area contributed by atoms with Gasteiger partial charge in [0.25, 0.3) is 5.91 Å². The summed E-state index contributed by atoms with van der Waals surface area (Å²) < 4.78 is 10.4. The number of hydrogen-bond acceptors (Lipinski definition) is 5. The van der Waals surface area contributed by atoms with Crippen LogP contribution in [-0.2, 0) is 14.3 Å². The van der Waals surface area contributed by atoms with Crippen molar-refractivity contribution in [1.82, 2.24) is 4.90 Å². The molecule has 0 N–H and O–H groups in total. The molecule has 0 aromatic heterocycles. The summed E-state index contributed by atoms with van der Waals surface area (Å²) in [6.07, 6.45) is 0. The average Bonchev–Trinajstić information content (AvgIpc) is 3.18. The van der Waals surface area contributed by atoms with E-state index in [-0.39, 0.29) is 23.7 Å². The molecule has 2 atom stereocenters. The van der Waals surface area contributed by atoms with Crippen LogP contribution in [0.5, 0.6) is 0 Å². The first-order valence-electron chi connectivity index (χ1n) is 8.11. The van der Waals surface area contributed by atoms with Gasteiger partial charge in [0.2, 0.25) is 0 Å². The molecule has 6 nitrogen and oxygen atoms in total. The van der Waals surface area contributed by atoms with Crippen LogP contribution in [0.15, 0.2) is 24.3 Å². The van der Waals surface area contributed by atoms with Crippen molar-refractivity contribution in [2.75, 3.05) is 50.9 Å². The van der Waals surface area contributed by atoms with Crippen molar-refractivity contribution < 1.29 is 19.1 Å². The van der Waals surface area contributed by atoms with Gasteiger partial charge in [0, 0.05) is 43.3 Å². The zero-order valence-electron chi connectivity index (χ0n) is 12.9. The van der Waals surface area contributed by atoms with E-state index in [9.17, 15) is 9.59 Å². The van der Waals surface area contributed by atoms with E-state index in [2.05, 4.69) is 4.90 Å². The first-order valence-corrected chi connectivity index (χ1v) is 8.11. The van der Waals surface area contributed by atoms with Crippen LogP contribution in [0.2, 0.25) is 0 Å². The summed E-state index contributed by atoms with van der Waals surface area (Å²) in [7, 11) is 0. The number of likely N-dealkylation sites (tertiary alicyclic amines) is 1. The zero-order chi connectivity index (χ0) is 15.8. The van der Waals surface area contributed by atoms with Gasteiger partial charge in [0.05, 0.1) is 25.7 Å². The molecule has 4 rings (SSSR count). The molecule has 3 saturated heterocycles. The Balaban J connectivity index is 1.44. The molecule has 0 bridgehead atoms. The van der Waals surface area contributed by atoms with Crippen molar-refractivity contribution in [1.29, 1.82) is 0 Å². The number of esters is 1. The number of hydrogen-bond donors (Lipinski definition) is 0. The molecule has 0 radical (unpaired) electrons. The number of benzene rings is 1. The molecule has 6 heteroatoms. The number of morpholine rings is 1. The lowest BCUT2D eigenvalue weighted by Crippen LogP contribution is -2.36. The number of anilines is 1. The van der Waals surface area contributed by atoms with Crippen LogP contribution in [0, 0.1) is 11.8 Å². The first-order chi connectivity index (χ1) is 11.2. The second-order valence-electron chi connectivity index (χ2n) is 6.35. The molecule has 3 heterocycles. The molecule has 3 aliphatic heterocycles. The highest BCUT2D eigenvalue weighted by atomic mass is 16.5. The third-order valence-electron chi connectivity index (χ3n) is 4.96. The molecule has 23 heavy (non-hydrogen) atoms. The summed E-state index contributed by atoms with van der Waals surface area (Å²) in [4.78, 5) is 28.3. The normalized spacial score (nSPS) is 27.0. The second-order valence-corrected chi connectivity index (χ2v) is 6.35. The van der Waals surface area contributed by atoms with E-state index in [1.54, 1.807) is 4.90 Å². The molecule has 0 aliphatic carbocycles. The number of fused-ring (bicyclic) bond motifs is 1. The molecule has 3 aliphatic rings. The van der Waals surface area contributed by atoms with Crippen molar-refractivity contribution in [3.8, 4) is 0 Å². The summed E-state index contributed by atoms with van der Waals surface area (Å²) in [5.74, 6) is -0.126. The topological polar surface area (TPSA) is 59.1 Å². The van der Waals surface area contributed by atoms with Gasteiger partial charge in [0.1, 0.15) is 0 Å². The van der Waals surface area contributed by atoms with Crippen LogP contribution in [0.3, 0.4) is 0 Å². The Morgan fingerprint density at radius 1 is 1.09 bits per heavy atom. The number of carbonyl (C=O) groups excluding carboxylic acids is 2. The maximum absolute atomic E-state index is 12.6. The van der Waals surface area contributed by atoms with Crippen LogP contribution in [0.4, 0.5) is 5.69 Å². The summed E-state index contributed by atoms with van der Waals surface area (Å²) >= 11 is 0. The molecular formula is C17H20N2O4. The minimum Gasteiger partial charge on any atom is -0.465 e. The molecule has 0 saturated carbocycles. The van der Waals surface area contributed by atoms with Crippen LogP contribution in [0.25, 0.3) is 0 Å². The largest absolute Gasteiger partial charge is 0.465 e. The van der Waals surface area contributed by atoms with Crippen molar-refractivity contribution in [3.63, 3.8) is 0 Å². The lowest BCUT2D eigenvalue weighted by molar-refractivity contribution is -0.141. The fourth-order valence-corrected chi connectivity index (χ4v) is 3.59. The van der Waals surface area contributed by atoms with Gasteiger partial charge in [-0.15, -0.1) is 0 Å². The lowest BCUT2D eigenvalue weighted by atomic mass is 10.0. The standard InChI is InChI=1S/C17H20N2O4/c20-16(19-9-13-11-23-17(21)15(13)10-19)12-1-3-14(4-2-12)18-5-7-22-8-6-18/h1-4,13,15H,5-11H2/t13-,15-/m1/s1. The number of amides is 1. The van der Waals surface area contributed by atoms with Gasteiger partial charge >= 0.3 is 5.97 Å². The van der Waals surface area contributed by atoms with Crippen molar-refractivity contribution in [3.05, 3.63) is 29.8 Å². The zero-order valence-corrected chi connectivity index (χ0v) is 12.9. The SMILES string of the molecule is O=C1OC[C@H]2CN(C(=O)c3ccc(N4CCOCC4)cc3)C[C@@H]12. The average molecular weight is 316 g/mol. The Morgan fingerprint density at radius 2 is 1.83 bits per heavy atom. The van der Waals surface area contributed by atoms with E-state index in [4.69, 9.17) is 9.47 Å². The Labute approximate surface area is 134 Å². The van der Waals surface area contributed by atoms with Crippen molar-refractivity contribution in [2.45, 2.75) is 0 Å². The minimum absolute atomic E-state index is 0.000674. The van der Waals surface area contributed by atoms with Gasteiger partial charge in [0.15, 0.2) is 0 Å². The quantitative estimate of drug-likeness (QED) is 0.754. The highest BCUT2D eigenvalue weighted by molar-refractivity contribution is 5.95. The summed E-state index contributed by atoms with van der Waals surface area (Å²) in [5.41, 5.74) is 1.79. The smallest absolute Gasteiger partial charge is 0.311 e. The van der Waals surface area contributed by atoms with Gasteiger partial charge in [-0.2, -0.15) is 0 Å². The van der Waals surface area contributed by atoms with Crippen LogP contribution < -0.4 is 4.90 Å². The predicted octanol–water partition coefficient (Wildman–Crippen LogP) is 0.768. The Kier molecular flexibility index (Phi) is 3.69. The second kappa shape index (κ2) is 5.85. The van der Waals surface area contributed by atoms with Gasteiger partial charge < -0.3 is 19.3 Å². The van der Waals surface area contributed by atoms with E-state index >= 15 is 0 Å². The van der Waals surface area contributed by atoms with Crippen molar-refractivity contribution in [2.24, 2.45) is 11.8 Å². The highest BCUT2D eigenvalue weighted by Crippen LogP contribution is 2.31. The van der Waals surface area contributed by atoms with Gasteiger partial charge in [-0.05, 0) is 24.3 Å². The monoisotopic (exact) mass is 316 g/mol. The number of rotatable bonds is 2. The van der Waals surface area contributed by atoms with E-state index in [0.29, 0.717) is 25.3 Å². The summed E-state index contributed by atoms with van der Waals surface area (Å²) in [6, 6.07) is 7.73. The first kappa shape index (κ1) is 14.5. The molecule has 1 amide bonds. The predicted molar refractivity (Wildman–Crippen MR) is 83.3 cm³/mol. The number of nitrogens with zero attached hydrogens (tertiary/aromatic N) is 2. The molecule has 0 spiro atoms. The van der Waals surface area contributed by atoms with Crippen LogP contribution in [0.1, 0.15) is 10.4 Å². The van der Waals surface area contributed by atoms with Crippen molar-refractivity contribution >= 4 is 17.6 Å². The Hall–Kier alpha value is -2.08. The van der Waals surface area contributed by atoms with Crippen LogP contribution in [-0.4, -0.2) is 62.8 Å². The summed E-state index contributed by atoms with van der Waals surface area (Å²) in [6.45, 7) is 4.79. The van der Waals surface area contributed by atoms with Gasteiger partial charge in [-0.1, -0.05) is 0 Å². The summed E-state index contributed by atoms with van der Waals surface area (Å²) in [5, 5.41) is 0. The number of cyclic esters (lactones) is 1. The van der Waals surface area contributed by atoms with Gasteiger partial charge in [-0.3, -0.25) is 9.59 Å². The van der Waals surface area contributed by atoms with E-state index in [0.717, 1.165) is 32.0 Å². The fraction of sp³-hybridized carbons (Fsp3) is 0.529. The lowest BCUT2D eigenvalue weighted by Gasteiger charge is -2.29. The third kappa shape index (κ3) is 2.67. The highest BCUT2D eigenvalue weighted by Gasteiger charge is 2.45. The maximum atomic E-state index is 12.6. The van der Waals surface area contributed by atoms with E-state index < -0.39 is 0 Å². The molecule has 1 aromatic carbocycles. The minimum atomic E-state index is -0.159. The van der Waals surface area contributed by atoms with E-state index in [1.807, 2.05) is 24.3 Å². The third-order valence-corrected chi connectivity index (χ3v) is 4.96. The van der Waals surface area contributed by atoms with Gasteiger partial charge in [-0.25, -0.2) is 0 Å². The number of carbonyl (C=O) groups is 2. The Morgan fingerprint density at radius 3 is 2.52 bits per heavy atom. The molecular weight excluding hydrogens is 296 g/mol. The Bertz CT molecular complexity index is 610. The van der Waals surface area contributed by atoms with E-state index in [1.165, 1.54) is 0 Å². The number of ether oxygens (including phenoxy) is 2.